The number of rotatable bonds is 8. The molecule has 25 heavy (non-hydrogen) atoms. The first-order chi connectivity index (χ1) is 12.2. The predicted octanol–water partition coefficient (Wildman–Crippen LogP) is 4.54. The van der Waals surface area contributed by atoms with Gasteiger partial charge >= 0.3 is 0 Å². The minimum atomic E-state index is -0.497. The van der Waals surface area contributed by atoms with Gasteiger partial charge in [-0.05, 0) is 37.5 Å². The van der Waals surface area contributed by atoms with Gasteiger partial charge in [0, 0.05) is 5.56 Å². The van der Waals surface area contributed by atoms with Gasteiger partial charge in [-0.3, -0.25) is 4.79 Å². The molecule has 0 aliphatic heterocycles. The molecule has 4 nitrogen and oxygen atoms in total. The number of amides is 1. The largest absolute Gasteiger partial charge is 0.496 e. The highest BCUT2D eigenvalue weighted by molar-refractivity contribution is 6.02. The first-order valence-electron chi connectivity index (χ1n) is 8.88. The SMILES string of the molecule is CCCCOc1ccccc1NC(=O)C1(c2ccccc2OC)CC1. The molecule has 1 amide bonds. The fraction of sp³-hybridized carbons (Fsp3) is 0.381. The van der Waals surface area contributed by atoms with Gasteiger partial charge in [-0.25, -0.2) is 0 Å². The zero-order valence-electron chi connectivity index (χ0n) is 14.9. The number of unbranched alkanes of at least 4 members (excludes halogenated alkanes) is 1. The van der Waals surface area contributed by atoms with Crippen molar-refractivity contribution in [3.8, 4) is 11.5 Å². The molecule has 132 valence electrons. The smallest absolute Gasteiger partial charge is 0.235 e. The maximum atomic E-state index is 13.0. The van der Waals surface area contributed by atoms with E-state index in [2.05, 4.69) is 12.2 Å². The summed E-state index contributed by atoms with van der Waals surface area (Å²) in [5.74, 6) is 1.49. The highest BCUT2D eigenvalue weighted by Crippen LogP contribution is 2.52. The summed E-state index contributed by atoms with van der Waals surface area (Å²) in [7, 11) is 1.64. The Morgan fingerprint density at radius 1 is 1.08 bits per heavy atom. The number of carbonyl (C=O) groups is 1. The van der Waals surface area contributed by atoms with E-state index in [1.807, 2.05) is 48.5 Å². The van der Waals surface area contributed by atoms with Gasteiger partial charge in [-0.15, -0.1) is 0 Å². The summed E-state index contributed by atoms with van der Waals surface area (Å²) in [5.41, 5.74) is 1.19. The van der Waals surface area contributed by atoms with Gasteiger partial charge in [0.2, 0.25) is 5.91 Å². The Labute approximate surface area is 149 Å². The van der Waals surface area contributed by atoms with Crippen LogP contribution in [0.5, 0.6) is 11.5 Å². The number of nitrogens with one attached hydrogen (secondary N) is 1. The number of ether oxygens (including phenoxy) is 2. The van der Waals surface area contributed by atoms with Crippen molar-refractivity contribution in [3.05, 3.63) is 54.1 Å². The summed E-state index contributed by atoms with van der Waals surface area (Å²) in [4.78, 5) is 13.0. The molecule has 3 rings (SSSR count). The molecule has 0 aromatic heterocycles. The molecule has 1 saturated carbocycles. The first-order valence-corrected chi connectivity index (χ1v) is 8.88. The lowest BCUT2D eigenvalue weighted by Gasteiger charge is -2.19. The van der Waals surface area contributed by atoms with Crippen molar-refractivity contribution >= 4 is 11.6 Å². The quantitative estimate of drug-likeness (QED) is 0.718. The summed E-state index contributed by atoms with van der Waals surface area (Å²) >= 11 is 0. The van der Waals surface area contributed by atoms with Crippen molar-refractivity contribution < 1.29 is 14.3 Å². The Morgan fingerprint density at radius 3 is 2.44 bits per heavy atom. The van der Waals surface area contributed by atoms with E-state index in [4.69, 9.17) is 9.47 Å². The maximum absolute atomic E-state index is 13.0. The maximum Gasteiger partial charge on any atom is 0.235 e. The van der Waals surface area contributed by atoms with Crippen LogP contribution in [0.3, 0.4) is 0 Å². The van der Waals surface area contributed by atoms with E-state index >= 15 is 0 Å². The number of carbonyl (C=O) groups excluding carboxylic acids is 1. The fourth-order valence-corrected chi connectivity index (χ4v) is 3.05. The molecule has 4 heteroatoms. The lowest BCUT2D eigenvalue weighted by atomic mass is 9.94. The number of benzene rings is 2. The number of anilines is 1. The van der Waals surface area contributed by atoms with Crippen LogP contribution in [0.25, 0.3) is 0 Å². The Kier molecular flexibility index (Phi) is 5.27. The minimum absolute atomic E-state index is 0.00328. The Bertz CT molecular complexity index is 737. The van der Waals surface area contributed by atoms with Gasteiger partial charge in [0.05, 0.1) is 24.8 Å². The average molecular weight is 339 g/mol. The third-order valence-corrected chi connectivity index (χ3v) is 4.70. The van der Waals surface area contributed by atoms with Crippen LogP contribution in [0.2, 0.25) is 0 Å². The van der Waals surface area contributed by atoms with Gasteiger partial charge in [0.15, 0.2) is 0 Å². The van der Waals surface area contributed by atoms with Gasteiger partial charge in [0.25, 0.3) is 0 Å². The van der Waals surface area contributed by atoms with Crippen LogP contribution in [0, 0.1) is 0 Å². The van der Waals surface area contributed by atoms with Crippen molar-refractivity contribution in [2.45, 2.75) is 38.0 Å². The Balaban J connectivity index is 1.79. The summed E-state index contributed by atoms with van der Waals surface area (Å²) < 4.78 is 11.3. The minimum Gasteiger partial charge on any atom is -0.496 e. The van der Waals surface area contributed by atoms with E-state index in [0.29, 0.717) is 6.61 Å². The van der Waals surface area contributed by atoms with E-state index in [-0.39, 0.29) is 5.91 Å². The number of para-hydroxylation sites is 3. The van der Waals surface area contributed by atoms with Crippen LogP contribution in [-0.4, -0.2) is 19.6 Å². The lowest BCUT2D eigenvalue weighted by Crippen LogP contribution is -2.28. The Morgan fingerprint density at radius 2 is 1.76 bits per heavy atom. The zero-order chi connectivity index (χ0) is 17.7. The number of methoxy groups -OCH3 is 1. The van der Waals surface area contributed by atoms with Crippen LogP contribution in [-0.2, 0) is 10.2 Å². The average Bonchev–Trinajstić information content (AvgIpc) is 3.45. The van der Waals surface area contributed by atoms with Crippen LogP contribution in [0.15, 0.2) is 48.5 Å². The molecule has 0 atom stereocenters. The second kappa shape index (κ2) is 7.60. The molecule has 0 heterocycles. The second-order valence-electron chi connectivity index (χ2n) is 6.43. The van der Waals surface area contributed by atoms with Crippen molar-refractivity contribution in [2.75, 3.05) is 19.0 Å². The summed E-state index contributed by atoms with van der Waals surface area (Å²) in [5, 5.41) is 3.07. The van der Waals surface area contributed by atoms with Crippen molar-refractivity contribution in [3.63, 3.8) is 0 Å². The summed E-state index contributed by atoms with van der Waals surface area (Å²) in [6, 6.07) is 15.4. The molecule has 0 unspecified atom stereocenters. The van der Waals surface area contributed by atoms with Gasteiger partial charge in [0.1, 0.15) is 11.5 Å². The first kappa shape index (κ1) is 17.3. The summed E-state index contributed by atoms with van der Waals surface area (Å²) in [6.45, 7) is 2.78. The number of hydrogen-bond donors (Lipinski definition) is 1. The van der Waals surface area contributed by atoms with Crippen molar-refractivity contribution in [2.24, 2.45) is 0 Å². The molecule has 1 fully saturated rings. The van der Waals surface area contributed by atoms with Crippen LogP contribution in [0.1, 0.15) is 38.2 Å². The van der Waals surface area contributed by atoms with E-state index in [1.165, 1.54) is 0 Å². The van der Waals surface area contributed by atoms with Gasteiger partial charge < -0.3 is 14.8 Å². The molecular weight excluding hydrogens is 314 g/mol. The second-order valence-corrected chi connectivity index (χ2v) is 6.43. The van der Waals surface area contributed by atoms with E-state index in [1.54, 1.807) is 7.11 Å². The standard InChI is InChI=1S/C21H25NO3/c1-3-4-15-25-19-12-8-6-10-17(19)22-20(23)21(13-14-21)16-9-5-7-11-18(16)24-2/h5-12H,3-4,13-15H2,1-2H3,(H,22,23). The van der Waals surface area contributed by atoms with Crippen LogP contribution in [0.4, 0.5) is 5.69 Å². The topological polar surface area (TPSA) is 47.6 Å². The van der Waals surface area contributed by atoms with Crippen molar-refractivity contribution in [1.82, 2.24) is 0 Å². The third-order valence-electron chi connectivity index (χ3n) is 4.70. The molecule has 0 bridgehead atoms. The van der Waals surface area contributed by atoms with Gasteiger partial charge in [-0.2, -0.15) is 0 Å². The Hall–Kier alpha value is -2.49. The van der Waals surface area contributed by atoms with E-state index in [9.17, 15) is 4.79 Å². The molecule has 1 aliphatic carbocycles. The molecule has 0 saturated heterocycles. The highest BCUT2D eigenvalue weighted by Gasteiger charge is 2.52. The van der Waals surface area contributed by atoms with E-state index < -0.39 is 5.41 Å². The monoisotopic (exact) mass is 339 g/mol. The van der Waals surface area contributed by atoms with Crippen molar-refractivity contribution in [1.29, 1.82) is 0 Å². The molecule has 2 aromatic rings. The van der Waals surface area contributed by atoms with Crippen LogP contribution < -0.4 is 14.8 Å². The van der Waals surface area contributed by atoms with Crippen LogP contribution >= 0.6 is 0 Å². The predicted molar refractivity (Wildman–Crippen MR) is 99.4 cm³/mol. The molecule has 1 N–H and O–H groups in total. The molecule has 0 spiro atoms. The van der Waals surface area contributed by atoms with E-state index in [0.717, 1.165) is 48.4 Å². The lowest BCUT2D eigenvalue weighted by molar-refractivity contribution is -0.118. The summed E-state index contributed by atoms with van der Waals surface area (Å²) in [6.07, 6.45) is 3.73. The molecule has 1 aliphatic rings. The fourth-order valence-electron chi connectivity index (χ4n) is 3.05. The highest BCUT2D eigenvalue weighted by atomic mass is 16.5. The number of hydrogen-bond acceptors (Lipinski definition) is 3. The third kappa shape index (κ3) is 3.63. The zero-order valence-corrected chi connectivity index (χ0v) is 14.9. The molecule has 2 aromatic carbocycles. The molecular formula is C21H25NO3. The molecule has 0 radical (unpaired) electrons. The normalized spacial score (nSPS) is 14.6. The van der Waals surface area contributed by atoms with Gasteiger partial charge in [-0.1, -0.05) is 43.7 Å².